The molecule has 0 aliphatic heterocycles. The first-order valence-electron chi connectivity index (χ1n) is 6.68. The van der Waals surface area contributed by atoms with E-state index in [1.807, 2.05) is 0 Å². The summed E-state index contributed by atoms with van der Waals surface area (Å²) < 4.78 is 19.5. The molecule has 0 atom stereocenters. The average Bonchev–Trinajstić information content (AvgIpc) is 2.88. The van der Waals surface area contributed by atoms with Crippen molar-refractivity contribution in [3.8, 4) is 17.0 Å². The molecule has 2 aromatic heterocycles. The number of nitrogens with one attached hydrogen (secondary N) is 1. The number of halogens is 2. The number of benzene rings is 1. The highest BCUT2D eigenvalue weighted by Gasteiger charge is 2.20. The third-order valence-electron chi connectivity index (χ3n) is 3.59. The summed E-state index contributed by atoms with van der Waals surface area (Å²) >= 11 is 5.88. The second kappa shape index (κ2) is 5.55. The Morgan fingerprint density at radius 2 is 2.17 bits per heavy atom. The highest BCUT2D eigenvalue weighted by molar-refractivity contribution is 6.32. The van der Waals surface area contributed by atoms with Crippen LogP contribution < -0.4 is 4.74 Å². The zero-order chi connectivity index (χ0) is 16.7. The van der Waals surface area contributed by atoms with Gasteiger partial charge in [0.05, 0.1) is 23.3 Å². The third-order valence-corrected chi connectivity index (χ3v) is 3.89. The van der Waals surface area contributed by atoms with Crippen LogP contribution >= 0.6 is 11.6 Å². The first-order chi connectivity index (χ1) is 10.9. The standard InChI is InChI=1S/C16H12ClFN2O3/c1-7-6-19-11-5-10(20-14(12(7)11)16(21)22)8-3-4-9(17)15(23-2)13(8)18/h3-6,19H,1-2H3,(H,21,22). The van der Waals surface area contributed by atoms with Crippen LogP contribution in [0.3, 0.4) is 0 Å². The summed E-state index contributed by atoms with van der Waals surface area (Å²) in [7, 11) is 1.31. The summed E-state index contributed by atoms with van der Waals surface area (Å²) in [4.78, 5) is 18.6. The van der Waals surface area contributed by atoms with E-state index >= 15 is 0 Å². The number of methoxy groups -OCH3 is 1. The number of carbonyl (C=O) groups is 1. The first-order valence-corrected chi connectivity index (χ1v) is 7.06. The van der Waals surface area contributed by atoms with E-state index < -0.39 is 11.8 Å². The number of carboxylic acids is 1. The van der Waals surface area contributed by atoms with Gasteiger partial charge < -0.3 is 14.8 Å². The maximum absolute atomic E-state index is 14.6. The predicted octanol–water partition coefficient (Wildman–Crippen LogP) is 4.04. The molecular weight excluding hydrogens is 323 g/mol. The van der Waals surface area contributed by atoms with Crippen LogP contribution in [0.25, 0.3) is 22.2 Å². The van der Waals surface area contributed by atoms with E-state index in [9.17, 15) is 14.3 Å². The Balaban J connectivity index is 2.32. The van der Waals surface area contributed by atoms with Crippen LogP contribution in [0.2, 0.25) is 5.02 Å². The molecule has 0 amide bonds. The zero-order valence-corrected chi connectivity index (χ0v) is 13.0. The van der Waals surface area contributed by atoms with Crippen LogP contribution in [0.1, 0.15) is 16.1 Å². The lowest BCUT2D eigenvalue weighted by Crippen LogP contribution is -2.04. The van der Waals surface area contributed by atoms with Gasteiger partial charge in [-0.1, -0.05) is 11.6 Å². The average molecular weight is 335 g/mol. The molecule has 0 fully saturated rings. The number of rotatable bonds is 3. The molecule has 2 N–H and O–H groups in total. The highest BCUT2D eigenvalue weighted by atomic mass is 35.5. The number of ether oxygens (including phenoxy) is 1. The Morgan fingerprint density at radius 3 is 2.83 bits per heavy atom. The van der Waals surface area contributed by atoms with Crippen LogP contribution in [-0.4, -0.2) is 28.2 Å². The molecule has 5 nitrogen and oxygen atoms in total. The van der Waals surface area contributed by atoms with Crippen LogP contribution in [0.4, 0.5) is 4.39 Å². The van der Waals surface area contributed by atoms with Crippen LogP contribution in [0.5, 0.6) is 5.75 Å². The zero-order valence-electron chi connectivity index (χ0n) is 12.3. The van der Waals surface area contributed by atoms with Crippen molar-refractivity contribution in [3.63, 3.8) is 0 Å². The van der Waals surface area contributed by atoms with Gasteiger partial charge >= 0.3 is 5.97 Å². The van der Waals surface area contributed by atoms with Gasteiger partial charge in [-0.05, 0) is 30.7 Å². The number of hydrogen-bond donors (Lipinski definition) is 2. The lowest BCUT2D eigenvalue weighted by atomic mass is 10.1. The lowest BCUT2D eigenvalue weighted by Gasteiger charge is -2.10. The van der Waals surface area contributed by atoms with Gasteiger partial charge in [0.25, 0.3) is 0 Å². The van der Waals surface area contributed by atoms with Gasteiger partial charge in [-0.15, -0.1) is 0 Å². The van der Waals surface area contributed by atoms with E-state index in [-0.39, 0.29) is 27.7 Å². The minimum atomic E-state index is -1.18. The Hall–Kier alpha value is -2.60. The normalized spacial score (nSPS) is 11.0. The number of nitrogens with zero attached hydrogens (tertiary/aromatic N) is 1. The van der Waals surface area contributed by atoms with E-state index in [1.165, 1.54) is 19.2 Å². The van der Waals surface area contributed by atoms with Crippen LogP contribution in [-0.2, 0) is 0 Å². The van der Waals surface area contributed by atoms with E-state index in [1.54, 1.807) is 19.2 Å². The largest absolute Gasteiger partial charge is 0.492 e. The molecule has 0 saturated carbocycles. The molecule has 7 heteroatoms. The van der Waals surface area contributed by atoms with Crippen molar-refractivity contribution < 1.29 is 19.0 Å². The number of hydrogen-bond acceptors (Lipinski definition) is 3. The number of aromatic amines is 1. The quantitative estimate of drug-likeness (QED) is 0.758. The smallest absolute Gasteiger partial charge is 0.355 e. The topological polar surface area (TPSA) is 75.2 Å². The fraction of sp³-hybridized carbons (Fsp3) is 0.125. The summed E-state index contributed by atoms with van der Waals surface area (Å²) in [6, 6.07) is 4.52. The highest BCUT2D eigenvalue weighted by Crippen LogP contribution is 2.35. The van der Waals surface area contributed by atoms with Crippen LogP contribution in [0.15, 0.2) is 24.4 Å². The Bertz CT molecular complexity index is 937. The molecule has 0 aliphatic rings. The molecule has 2 heterocycles. The molecule has 0 radical (unpaired) electrons. The number of aromatic carboxylic acids is 1. The molecule has 3 rings (SSSR count). The monoisotopic (exact) mass is 334 g/mol. The second-order valence-electron chi connectivity index (χ2n) is 5.00. The number of carboxylic acid groups (broad SMARTS) is 1. The summed E-state index contributed by atoms with van der Waals surface area (Å²) in [6.45, 7) is 1.78. The maximum Gasteiger partial charge on any atom is 0.355 e. The second-order valence-corrected chi connectivity index (χ2v) is 5.40. The Labute approximate surface area is 135 Å². The third kappa shape index (κ3) is 2.41. The molecule has 3 aromatic rings. The molecule has 0 spiro atoms. The van der Waals surface area contributed by atoms with Crippen molar-refractivity contribution in [3.05, 3.63) is 46.5 Å². The van der Waals surface area contributed by atoms with Crippen molar-refractivity contribution in [2.45, 2.75) is 6.92 Å². The van der Waals surface area contributed by atoms with Gasteiger partial charge in [0.15, 0.2) is 17.3 Å². The van der Waals surface area contributed by atoms with Crippen molar-refractivity contribution in [1.29, 1.82) is 0 Å². The van der Waals surface area contributed by atoms with Gasteiger partial charge in [0, 0.05) is 17.1 Å². The van der Waals surface area contributed by atoms with E-state index in [4.69, 9.17) is 16.3 Å². The van der Waals surface area contributed by atoms with E-state index in [0.717, 1.165) is 5.56 Å². The molecule has 0 saturated heterocycles. The molecule has 1 aromatic carbocycles. The molecule has 23 heavy (non-hydrogen) atoms. The van der Waals surface area contributed by atoms with Gasteiger partial charge in [0.1, 0.15) is 0 Å². The number of aromatic nitrogens is 2. The van der Waals surface area contributed by atoms with Gasteiger partial charge in [-0.2, -0.15) is 0 Å². The number of aryl methyl sites for hydroxylation is 1. The summed E-state index contributed by atoms with van der Waals surface area (Å²) in [5.74, 6) is -1.97. The lowest BCUT2D eigenvalue weighted by molar-refractivity contribution is 0.0693. The van der Waals surface area contributed by atoms with Gasteiger partial charge in [-0.25, -0.2) is 14.2 Å². The number of pyridine rings is 1. The van der Waals surface area contributed by atoms with Gasteiger partial charge in [0.2, 0.25) is 0 Å². The van der Waals surface area contributed by atoms with Crippen molar-refractivity contribution in [1.82, 2.24) is 9.97 Å². The molecule has 118 valence electrons. The summed E-state index contributed by atoms with van der Waals surface area (Å²) in [5.41, 5.74) is 1.49. The molecule has 0 bridgehead atoms. The van der Waals surface area contributed by atoms with Crippen molar-refractivity contribution >= 4 is 28.5 Å². The minimum Gasteiger partial charge on any atom is -0.492 e. The summed E-state index contributed by atoms with van der Waals surface area (Å²) in [6.07, 6.45) is 1.68. The van der Waals surface area contributed by atoms with E-state index in [2.05, 4.69) is 9.97 Å². The molecular formula is C16H12ClFN2O3. The Morgan fingerprint density at radius 1 is 1.43 bits per heavy atom. The summed E-state index contributed by atoms with van der Waals surface area (Å²) in [5, 5.41) is 10.0. The maximum atomic E-state index is 14.6. The van der Waals surface area contributed by atoms with E-state index in [0.29, 0.717) is 10.9 Å². The SMILES string of the molecule is COc1c(Cl)ccc(-c2cc3[nH]cc(C)c3c(C(=O)O)n2)c1F. The fourth-order valence-electron chi connectivity index (χ4n) is 2.53. The predicted molar refractivity (Wildman–Crippen MR) is 84.7 cm³/mol. The minimum absolute atomic E-state index is 0.106. The van der Waals surface area contributed by atoms with Gasteiger partial charge in [-0.3, -0.25) is 0 Å². The fourth-order valence-corrected chi connectivity index (χ4v) is 2.75. The van der Waals surface area contributed by atoms with Crippen molar-refractivity contribution in [2.24, 2.45) is 0 Å². The molecule has 0 unspecified atom stereocenters. The molecule has 0 aliphatic carbocycles. The van der Waals surface area contributed by atoms with Crippen molar-refractivity contribution in [2.75, 3.05) is 7.11 Å². The number of H-pyrrole nitrogens is 1. The number of fused-ring (bicyclic) bond motifs is 1. The Kier molecular flexibility index (Phi) is 3.69. The van der Waals surface area contributed by atoms with Crippen LogP contribution in [0, 0.1) is 12.7 Å². The first kappa shape index (κ1) is 15.3.